The molecule has 2 aromatic carbocycles. The van der Waals surface area contributed by atoms with Crippen LogP contribution in [0.4, 0.5) is 5.69 Å². The predicted molar refractivity (Wildman–Crippen MR) is 123 cm³/mol. The molecular weight excluding hydrogens is 472 g/mol. The Morgan fingerprint density at radius 1 is 0.897 bits per heavy atom. The minimum atomic E-state index is 0.496. The van der Waals surface area contributed by atoms with E-state index in [0.29, 0.717) is 11.8 Å². The normalized spacial score (nSPS) is 13.4. The van der Waals surface area contributed by atoms with Gasteiger partial charge < -0.3 is 9.80 Å². The number of rotatable bonds is 5. The minimum absolute atomic E-state index is 0.496. The van der Waals surface area contributed by atoms with E-state index in [-0.39, 0.29) is 0 Å². The molecule has 2 nitrogen and oxygen atoms in total. The first-order valence-electron chi connectivity index (χ1n) is 10.2. The molecule has 4 heteroatoms. The summed E-state index contributed by atoms with van der Waals surface area (Å²) in [6, 6.07) is 11.3. The molecule has 0 saturated carbocycles. The van der Waals surface area contributed by atoms with Crippen LogP contribution in [0.1, 0.15) is 72.9 Å². The molecule has 0 amide bonds. The van der Waals surface area contributed by atoms with Gasteiger partial charge in [0.15, 0.2) is 0 Å². The number of benzene rings is 2. The fourth-order valence-corrected chi connectivity index (χ4v) is 4.07. The Kier molecular flexibility index (Phi) is 8.91. The van der Waals surface area contributed by atoms with Gasteiger partial charge in [-0.2, -0.15) is 6.67 Å². The van der Waals surface area contributed by atoms with Crippen molar-refractivity contribution in [2.75, 3.05) is 4.90 Å². The van der Waals surface area contributed by atoms with E-state index in [2.05, 4.69) is 137 Å². The monoisotopic (exact) mass is 503 g/mol. The molecule has 0 saturated heterocycles. The Morgan fingerprint density at radius 2 is 1.41 bits per heavy atom. The van der Waals surface area contributed by atoms with Crippen molar-refractivity contribution in [3.05, 3.63) is 82.8 Å². The van der Waals surface area contributed by atoms with E-state index in [9.17, 15) is 0 Å². The summed E-state index contributed by atoms with van der Waals surface area (Å²) in [6.07, 6.45) is 4.39. The van der Waals surface area contributed by atoms with Crippen molar-refractivity contribution in [3.63, 3.8) is 0 Å². The van der Waals surface area contributed by atoms with Crippen LogP contribution in [0.5, 0.6) is 0 Å². The van der Waals surface area contributed by atoms with Gasteiger partial charge in [-0.25, -0.2) is 0 Å². The van der Waals surface area contributed by atoms with Crippen LogP contribution < -0.4 is 4.90 Å². The van der Waals surface area contributed by atoms with Gasteiger partial charge in [-0.15, -0.1) is 0 Å². The third-order valence-corrected chi connectivity index (χ3v) is 5.47. The molecule has 0 unspecified atom stereocenters. The molecule has 29 heavy (non-hydrogen) atoms. The molecule has 1 aliphatic rings. The van der Waals surface area contributed by atoms with E-state index < -0.39 is 0 Å². The van der Waals surface area contributed by atoms with Gasteiger partial charge in [0.25, 0.3) is 0 Å². The number of nitrogens with zero attached hydrogens (tertiary/aromatic N) is 2. The zero-order valence-corrected chi connectivity index (χ0v) is 20.8. The van der Waals surface area contributed by atoms with Crippen molar-refractivity contribution < 1.29 is 20.0 Å². The van der Waals surface area contributed by atoms with Gasteiger partial charge in [0.05, 0.1) is 0 Å². The average Bonchev–Trinajstić information content (AvgIpc) is 3.14. The SMILES string of the molecule is Cc1cc(C)c(CN2C=CN(c3c(C(C)C)cccc3C(C)C)[CH-]2)c(C)c1.[Cl][Ag]. The molecule has 0 aromatic heterocycles. The third-order valence-electron chi connectivity index (χ3n) is 5.47. The number of aryl methyl sites for hydroxylation is 3. The molecule has 0 aliphatic carbocycles. The molecule has 2 aromatic rings. The second kappa shape index (κ2) is 10.7. The number of anilines is 1. The van der Waals surface area contributed by atoms with Crippen molar-refractivity contribution in [3.8, 4) is 0 Å². The van der Waals surface area contributed by atoms with Crippen LogP contribution in [0.3, 0.4) is 0 Å². The van der Waals surface area contributed by atoms with Crippen molar-refractivity contribution in [1.29, 1.82) is 0 Å². The summed E-state index contributed by atoms with van der Waals surface area (Å²) in [5.41, 5.74) is 9.67. The topological polar surface area (TPSA) is 6.48 Å². The number of halogens is 1. The quantitative estimate of drug-likeness (QED) is 0.308. The summed E-state index contributed by atoms with van der Waals surface area (Å²) in [5.74, 6) is 0.993. The van der Waals surface area contributed by atoms with Crippen molar-refractivity contribution in [2.24, 2.45) is 0 Å². The predicted octanol–water partition coefficient (Wildman–Crippen LogP) is 7.46. The van der Waals surface area contributed by atoms with Gasteiger partial charge in [-0.05, 0) is 72.8 Å². The average molecular weight is 505 g/mol. The van der Waals surface area contributed by atoms with Gasteiger partial charge in [-0.1, -0.05) is 63.6 Å². The molecule has 0 radical (unpaired) electrons. The Bertz CT molecular complexity index is 809. The molecule has 1 aliphatic heterocycles. The summed E-state index contributed by atoms with van der Waals surface area (Å²) >= 11 is 2.42. The zero-order chi connectivity index (χ0) is 21.7. The van der Waals surface area contributed by atoms with Crippen LogP contribution in [0.25, 0.3) is 0 Å². The molecular formula is C25H33AgClN2-. The number of hydrogen-bond donors (Lipinski definition) is 0. The van der Waals surface area contributed by atoms with E-state index in [1.807, 2.05) is 0 Å². The molecule has 0 N–H and O–H groups in total. The molecule has 0 spiro atoms. The second-order valence-electron chi connectivity index (χ2n) is 8.46. The maximum atomic E-state index is 4.45. The van der Waals surface area contributed by atoms with Gasteiger partial charge in [-0.3, -0.25) is 0 Å². The van der Waals surface area contributed by atoms with Gasteiger partial charge in [0.2, 0.25) is 0 Å². The van der Waals surface area contributed by atoms with Gasteiger partial charge in [0.1, 0.15) is 0 Å². The van der Waals surface area contributed by atoms with E-state index in [4.69, 9.17) is 0 Å². The van der Waals surface area contributed by atoms with Crippen LogP contribution in [-0.4, -0.2) is 4.90 Å². The molecule has 162 valence electrons. The Morgan fingerprint density at radius 3 is 1.90 bits per heavy atom. The standard InChI is InChI=1S/C25H33N2.Ag.ClH/c1-17(2)22-9-8-10-23(18(3)4)25(22)27-12-11-26(16-27)15-24-20(6)13-19(5)14-21(24)7;;/h8-14,16-18H,15H2,1-7H3;;1H/q-1;+1;/p-1. The second-order valence-corrected chi connectivity index (χ2v) is 8.46. The number of hydrogen-bond acceptors (Lipinski definition) is 2. The molecule has 3 rings (SSSR count). The summed E-state index contributed by atoms with van der Waals surface area (Å²) in [6.45, 7) is 18.9. The first kappa shape index (κ1) is 24.1. The first-order chi connectivity index (χ1) is 13.8. The summed E-state index contributed by atoms with van der Waals surface area (Å²) in [7, 11) is 4.45. The summed E-state index contributed by atoms with van der Waals surface area (Å²) in [5, 5.41) is 0. The summed E-state index contributed by atoms with van der Waals surface area (Å²) in [4.78, 5) is 4.61. The first-order valence-corrected chi connectivity index (χ1v) is 12.1. The van der Waals surface area contributed by atoms with E-state index in [1.165, 1.54) is 39.1 Å². The Labute approximate surface area is 193 Å². The zero-order valence-electron chi connectivity index (χ0n) is 18.6. The molecule has 0 bridgehead atoms. The van der Waals surface area contributed by atoms with Crippen molar-refractivity contribution >= 4 is 14.9 Å². The van der Waals surface area contributed by atoms with Crippen LogP contribution in [0.2, 0.25) is 0 Å². The van der Waals surface area contributed by atoms with E-state index >= 15 is 0 Å². The third kappa shape index (κ3) is 5.70. The van der Waals surface area contributed by atoms with E-state index in [1.54, 1.807) is 0 Å². The van der Waals surface area contributed by atoms with Gasteiger partial charge in [0, 0.05) is 12.2 Å². The fraction of sp³-hybridized carbons (Fsp3) is 0.400. The van der Waals surface area contributed by atoms with Crippen molar-refractivity contribution in [2.45, 2.75) is 66.8 Å². The van der Waals surface area contributed by atoms with Crippen LogP contribution in [-0.2, 0) is 26.5 Å². The van der Waals surface area contributed by atoms with Crippen LogP contribution >= 0.6 is 9.19 Å². The maximum absolute atomic E-state index is 4.45. The van der Waals surface area contributed by atoms with E-state index in [0.717, 1.165) is 6.54 Å². The summed E-state index contributed by atoms with van der Waals surface area (Å²) < 4.78 is 0. The van der Waals surface area contributed by atoms with Crippen LogP contribution in [0.15, 0.2) is 42.7 Å². The fourth-order valence-electron chi connectivity index (χ4n) is 4.07. The number of para-hydroxylation sites is 1. The van der Waals surface area contributed by atoms with Crippen LogP contribution in [0, 0.1) is 27.4 Å². The Hall–Kier alpha value is -1.19. The van der Waals surface area contributed by atoms with Crippen molar-refractivity contribution in [1.82, 2.24) is 4.90 Å². The van der Waals surface area contributed by atoms with Gasteiger partial charge >= 0.3 is 29.2 Å². The molecule has 1 heterocycles. The Balaban J connectivity index is 0.00000145. The molecule has 0 fully saturated rings. The molecule has 0 atom stereocenters.